The maximum Gasteiger partial charge on any atom is 0.309 e. The van der Waals surface area contributed by atoms with Crippen molar-refractivity contribution in [1.29, 1.82) is 0 Å². The highest BCUT2D eigenvalue weighted by atomic mass is 16.5. The molecule has 1 saturated carbocycles. The standard InChI is InChI=1S/C27H36N6O5/c1-4-38-27(35)17-10-12-32(13-11-17)24(25-29-30-31-33(25)19-8-6-5-7-9-19)20-14-18-15-22(36-2)23(37-3)16-21(18)28-26(20)34/h14-17,19,24H,4-13H2,1-3H3,(H,28,34)/t24-/m1/s1. The van der Waals surface area contributed by atoms with Crippen LogP contribution in [0.15, 0.2) is 23.0 Å². The van der Waals surface area contributed by atoms with Crippen molar-refractivity contribution in [2.45, 2.75) is 64.0 Å². The molecule has 2 fully saturated rings. The number of pyridine rings is 1. The van der Waals surface area contributed by atoms with Crippen molar-refractivity contribution in [2.24, 2.45) is 5.92 Å². The quantitative estimate of drug-likeness (QED) is 0.441. The monoisotopic (exact) mass is 524 g/mol. The Morgan fingerprint density at radius 1 is 1.05 bits per heavy atom. The minimum absolute atomic E-state index is 0.146. The summed E-state index contributed by atoms with van der Waals surface area (Å²) < 4.78 is 18.1. The summed E-state index contributed by atoms with van der Waals surface area (Å²) in [7, 11) is 3.16. The van der Waals surface area contributed by atoms with Crippen LogP contribution in [0, 0.1) is 5.92 Å². The van der Waals surface area contributed by atoms with Crippen molar-refractivity contribution < 1.29 is 19.0 Å². The summed E-state index contributed by atoms with van der Waals surface area (Å²) in [6.45, 7) is 3.44. The van der Waals surface area contributed by atoms with Crippen molar-refractivity contribution in [3.05, 3.63) is 39.9 Å². The predicted octanol–water partition coefficient (Wildman–Crippen LogP) is 3.40. The summed E-state index contributed by atoms with van der Waals surface area (Å²) in [5.74, 6) is 1.49. The molecule has 3 heterocycles. The van der Waals surface area contributed by atoms with E-state index in [1.807, 2.05) is 23.7 Å². The summed E-state index contributed by atoms with van der Waals surface area (Å²) in [6, 6.07) is 5.28. The molecule has 2 aromatic heterocycles. The van der Waals surface area contributed by atoms with Crippen LogP contribution in [-0.4, -0.2) is 70.0 Å². The number of nitrogens with zero attached hydrogens (tertiary/aromatic N) is 5. The molecule has 1 atom stereocenters. The Kier molecular flexibility index (Phi) is 7.92. The molecule has 1 aliphatic carbocycles. The zero-order valence-electron chi connectivity index (χ0n) is 22.3. The minimum Gasteiger partial charge on any atom is -0.493 e. The molecule has 0 amide bonds. The number of aromatic nitrogens is 5. The number of methoxy groups -OCH3 is 2. The third-order valence-corrected chi connectivity index (χ3v) is 7.87. The van der Waals surface area contributed by atoms with Gasteiger partial charge in [0.15, 0.2) is 17.3 Å². The Morgan fingerprint density at radius 2 is 1.76 bits per heavy atom. The van der Waals surface area contributed by atoms with Crippen molar-refractivity contribution in [3.8, 4) is 11.5 Å². The molecule has 204 valence electrons. The average molecular weight is 525 g/mol. The van der Waals surface area contributed by atoms with Crippen LogP contribution >= 0.6 is 0 Å². The molecule has 2 aliphatic rings. The number of fused-ring (bicyclic) bond motifs is 1. The van der Waals surface area contributed by atoms with Gasteiger partial charge in [0.1, 0.15) is 6.04 Å². The summed E-state index contributed by atoms with van der Waals surface area (Å²) >= 11 is 0. The molecule has 11 nitrogen and oxygen atoms in total. The van der Waals surface area contributed by atoms with E-state index in [-0.39, 0.29) is 23.5 Å². The molecule has 11 heteroatoms. The van der Waals surface area contributed by atoms with E-state index in [0.717, 1.165) is 31.1 Å². The first-order valence-corrected chi connectivity index (χ1v) is 13.5. The molecule has 3 aromatic rings. The molecule has 0 radical (unpaired) electrons. The number of benzene rings is 1. The van der Waals surface area contributed by atoms with Gasteiger partial charge in [-0.05, 0) is 55.2 Å². The number of carbonyl (C=O) groups excluding carboxylic acids is 1. The van der Waals surface area contributed by atoms with Gasteiger partial charge in [-0.2, -0.15) is 0 Å². The molecule has 1 N–H and O–H groups in total. The lowest BCUT2D eigenvalue weighted by Gasteiger charge is -2.36. The molecule has 5 rings (SSSR count). The third kappa shape index (κ3) is 5.11. The first-order chi connectivity index (χ1) is 18.5. The summed E-state index contributed by atoms with van der Waals surface area (Å²) in [5, 5.41) is 13.8. The second-order valence-electron chi connectivity index (χ2n) is 10.1. The van der Waals surface area contributed by atoms with Gasteiger partial charge in [0.05, 0.1) is 38.3 Å². The van der Waals surface area contributed by atoms with Gasteiger partial charge >= 0.3 is 5.97 Å². The van der Waals surface area contributed by atoms with Gasteiger partial charge in [-0.1, -0.05) is 19.3 Å². The number of piperidine rings is 1. The molecular formula is C27H36N6O5. The maximum absolute atomic E-state index is 13.6. The number of rotatable bonds is 8. The predicted molar refractivity (Wildman–Crippen MR) is 140 cm³/mol. The molecule has 0 spiro atoms. The molecule has 38 heavy (non-hydrogen) atoms. The van der Waals surface area contributed by atoms with E-state index in [0.29, 0.717) is 60.9 Å². The number of hydrogen-bond donors (Lipinski definition) is 1. The van der Waals surface area contributed by atoms with Crippen LogP contribution in [0.1, 0.15) is 75.3 Å². The number of hydrogen-bond acceptors (Lipinski definition) is 9. The van der Waals surface area contributed by atoms with Gasteiger partial charge < -0.3 is 19.2 Å². The zero-order chi connectivity index (χ0) is 26.6. The third-order valence-electron chi connectivity index (χ3n) is 7.87. The van der Waals surface area contributed by atoms with Crippen molar-refractivity contribution in [2.75, 3.05) is 33.9 Å². The van der Waals surface area contributed by atoms with Crippen molar-refractivity contribution in [1.82, 2.24) is 30.1 Å². The highest BCUT2D eigenvalue weighted by Gasteiger charge is 2.36. The number of nitrogens with one attached hydrogen (secondary N) is 1. The highest BCUT2D eigenvalue weighted by Crippen LogP contribution is 2.36. The molecule has 1 aliphatic heterocycles. The van der Waals surface area contributed by atoms with E-state index in [9.17, 15) is 9.59 Å². The number of H-pyrrole nitrogens is 1. The normalized spacial score (nSPS) is 18.4. The molecule has 0 bridgehead atoms. The van der Waals surface area contributed by atoms with Crippen LogP contribution in [0.5, 0.6) is 11.5 Å². The van der Waals surface area contributed by atoms with E-state index in [2.05, 4.69) is 25.4 Å². The average Bonchev–Trinajstić information content (AvgIpc) is 3.43. The Morgan fingerprint density at radius 3 is 2.45 bits per heavy atom. The van der Waals surface area contributed by atoms with Gasteiger partial charge in [0.2, 0.25) is 0 Å². The Balaban J connectivity index is 1.57. The van der Waals surface area contributed by atoms with E-state index in [1.54, 1.807) is 20.3 Å². The van der Waals surface area contributed by atoms with Crippen LogP contribution in [0.25, 0.3) is 10.9 Å². The van der Waals surface area contributed by atoms with Gasteiger partial charge in [-0.25, -0.2) is 4.68 Å². The van der Waals surface area contributed by atoms with Gasteiger partial charge in [0.25, 0.3) is 5.56 Å². The minimum atomic E-state index is -0.462. The van der Waals surface area contributed by atoms with E-state index < -0.39 is 6.04 Å². The van der Waals surface area contributed by atoms with E-state index in [4.69, 9.17) is 14.2 Å². The van der Waals surface area contributed by atoms with Crippen molar-refractivity contribution in [3.63, 3.8) is 0 Å². The summed E-state index contributed by atoms with van der Waals surface area (Å²) in [6.07, 6.45) is 6.82. The fraction of sp³-hybridized carbons (Fsp3) is 0.593. The Labute approximate surface area is 221 Å². The van der Waals surface area contributed by atoms with Gasteiger partial charge in [-0.3, -0.25) is 14.5 Å². The van der Waals surface area contributed by atoms with Crippen LogP contribution < -0.4 is 15.0 Å². The molecule has 0 unspecified atom stereocenters. The Hall–Kier alpha value is -3.47. The first-order valence-electron chi connectivity index (χ1n) is 13.5. The second-order valence-corrected chi connectivity index (χ2v) is 10.1. The Bertz CT molecular complexity index is 1320. The highest BCUT2D eigenvalue weighted by molar-refractivity contribution is 5.83. The number of likely N-dealkylation sites (tertiary alicyclic amines) is 1. The maximum atomic E-state index is 13.6. The lowest BCUT2D eigenvalue weighted by molar-refractivity contribution is -0.149. The topological polar surface area (TPSA) is 124 Å². The number of aromatic amines is 1. The van der Waals surface area contributed by atoms with E-state index >= 15 is 0 Å². The summed E-state index contributed by atoms with van der Waals surface area (Å²) in [5.41, 5.74) is 1.01. The number of esters is 1. The largest absolute Gasteiger partial charge is 0.493 e. The molecule has 1 aromatic carbocycles. The fourth-order valence-corrected chi connectivity index (χ4v) is 5.87. The van der Waals surface area contributed by atoms with Crippen LogP contribution in [0.2, 0.25) is 0 Å². The van der Waals surface area contributed by atoms with Gasteiger partial charge in [-0.15, -0.1) is 5.10 Å². The lowest BCUT2D eigenvalue weighted by Crippen LogP contribution is -2.42. The fourth-order valence-electron chi connectivity index (χ4n) is 5.87. The SMILES string of the molecule is CCOC(=O)C1CCN([C@H](c2cc3cc(OC)c(OC)cc3[nH]c2=O)c2nnnn2C2CCCCC2)CC1. The smallest absolute Gasteiger partial charge is 0.309 e. The van der Waals surface area contributed by atoms with Gasteiger partial charge in [0, 0.05) is 30.1 Å². The lowest BCUT2D eigenvalue weighted by atomic mass is 9.93. The van der Waals surface area contributed by atoms with Crippen molar-refractivity contribution >= 4 is 16.9 Å². The zero-order valence-corrected chi connectivity index (χ0v) is 22.3. The van der Waals surface area contributed by atoms with Crippen LogP contribution in [0.3, 0.4) is 0 Å². The molecular weight excluding hydrogens is 488 g/mol. The summed E-state index contributed by atoms with van der Waals surface area (Å²) in [4.78, 5) is 31.3. The van der Waals surface area contributed by atoms with Crippen LogP contribution in [0.4, 0.5) is 0 Å². The number of tetrazole rings is 1. The number of ether oxygens (including phenoxy) is 3. The first kappa shape index (κ1) is 26.1. The van der Waals surface area contributed by atoms with Crippen LogP contribution in [-0.2, 0) is 9.53 Å². The molecule has 1 saturated heterocycles. The number of carbonyl (C=O) groups is 1. The van der Waals surface area contributed by atoms with E-state index in [1.165, 1.54) is 6.42 Å². The second kappa shape index (κ2) is 11.5.